The molecule has 0 bridgehead atoms. The summed E-state index contributed by atoms with van der Waals surface area (Å²) in [5, 5.41) is 0. The van der Waals surface area contributed by atoms with Gasteiger partial charge in [-0.3, -0.25) is 0 Å². The van der Waals surface area contributed by atoms with Crippen LogP contribution in [0.5, 0.6) is 6.01 Å². The fourth-order valence-electron chi connectivity index (χ4n) is 1.41. The van der Waals surface area contributed by atoms with Crippen LogP contribution in [0.15, 0.2) is 6.20 Å². The van der Waals surface area contributed by atoms with Crippen molar-refractivity contribution in [2.75, 3.05) is 0 Å². The van der Waals surface area contributed by atoms with Crippen molar-refractivity contribution in [1.29, 1.82) is 0 Å². The Bertz CT molecular complexity index is 334. The summed E-state index contributed by atoms with van der Waals surface area (Å²) in [5.74, 6) is 0. The van der Waals surface area contributed by atoms with Crippen molar-refractivity contribution in [3.8, 4) is 6.01 Å². The zero-order chi connectivity index (χ0) is 10.1. The van der Waals surface area contributed by atoms with Crippen LogP contribution in [0.2, 0.25) is 0 Å². The van der Waals surface area contributed by atoms with Crippen molar-refractivity contribution in [2.24, 2.45) is 5.73 Å². The number of nitrogens with zero attached hydrogens (tertiary/aromatic N) is 2. The summed E-state index contributed by atoms with van der Waals surface area (Å²) in [7, 11) is 0. The van der Waals surface area contributed by atoms with E-state index in [4.69, 9.17) is 10.5 Å². The summed E-state index contributed by atoms with van der Waals surface area (Å²) in [6, 6.07) is 0.775. The second-order valence-electron chi connectivity index (χ2n) is 3.89. The highest BCUT2D eigenvalue weighted by molar-refractivity contribution is 5.15. The molecule has 1 saturated carbocycles. The summed E-state index contributed by atoms with van der Waals surface area (Å²) in [5.41, 5.74) is 7.71. The molecule has 1 aromatic heterocycles. The second-order valence-corrected chi connectivity index (χ2v) is 3.89. The highest BCUT2D eigenvalue weighted by atomic mass is 16.5. The first-order valence-electron chi connectivity index (χ1n) is 4.87. The predicted molar refractivity (Wildman–Crippen MR) is 53.1 cm³/mol. The molecule has 0 unspecified atom stereocenters. The van der Waals surface area contributed by atoms with Crippen molar-refractivity contribution in [1.82, 2.24) is 9.97 Å². The maximum Gasteiger partial charge on any atom is 0.316 e. The van der Waals surface area contributed by atoms with E-state index in [-0.39, 0.29) is 6.10 Å². The molecule has 14 heavy (non-hydrogen) atoms. The van der Waals surface area contributed by atoms with Crippen LogP contribution in [0.3, 0.4) is 0 Å². The molecule has 0 atom stereocenters. The molecule has 0 amide bonds. The Kier molecular flexibility index (Phi) is 2.37. The lowest BCUT2D eigenvalue weighted by molar-refractivity contribution is 0.0901. The molecule has 0 aromatic carbocycles. The van der Waals surface area contributed by atoms with Crippen LogP contribution < -0.4 is 10.5 Å². The van der Waals surface area contributed by atoms with Gasteiger partial charge in [0.15, 0.2) is 0 Å². The smallest absolute Gasteiger partial charge is 0.316 e. The maximum absolute atomic E-state index is 5.66. The van der Waals surface area contributed by atoms with E-state index >= 15 is 0 Å². The first kappa shape index (κ1) is 9.40. The maximum atomic E-state index is 5.66. The standard InChI is InChI=1S/C10H15N3O/c1-6-5-12-10(13-7(6)2)14-9-3-8(11)4-9/h5,8-9H,3-4,11H2,1-2H3. The summed E-state index contributed by atoms with van der Waals surface area (Å²) in [4.78, 5) is 8.36. The predicted octanol–water partition coefficient (Wildman–Crippen LogP) is 0.962. The van der Waals surface area contributed by atoms with Gasteiger partial charge in [-0.2, -0.15) is 0 Å². The van der Waals surface area contributed by atoms with Crippen LogP contribution in [0.1, 0.15) is 24.1 Å². The van der Waals surface area contributed by atoms with E-state index in [0.29, 0.717) is 12.1 Å². The van der Waals surface area contributed by atoms with Gasteiger partial charge >= 0.3 is 6.01 Å². The van der Waals surface area contributed by atoms with Gasteiger partial charge in [-0.25, -0.2) is 9.97 Å². The monoisotopic (exact) mass is 193 g/mol. The van der Waals surface area contributed by atoms with Crippen molar-refractivity contribution in [2.45, 2.75) is 38.8 Å². The Hall–Kier alpha value is -1.16. The Balaban J connectivity index is 2.00. The molecule has 0 saturated heterocycles. The number of aryl methyl sites for hydroxylation is 2. The van der Waals surface area contributed by atoms with Gasteiger partial charge in [-0.15, -0.1) is 0 Å². The van der Waals surface area contributed by atoms with Gasteiger partial charge in [-0.05, 0) is 32.3 Å². The molecule has 1 aliphatic carbocycles. The van der Waals surface area contributed by atoms with Gasteiger partial charge in [0, 0.05) is 17.9 Å². The van der Waals surface area contributed by atoms with Crippen LogP contribution in [0.4, 0.5) is 0 Å². The summed E-state index contributed by atoms with van der Waals surface area (Å²) in [6.07, 6.45) is 3.83. The molecule has 2 N–H and O–H groups in total. The molecular formula is C10H15N3O. The lowest BCUT2D eigenvalue weighted by atomic mass is 9.90. The van der Waals surface area contributed by atoms with Crippen molar-refractivity contribution in [3.05, 3.63) is 17.5 Å². The lowest BCUT2D eigenvalue weighted by Gasteiger charge is -2.31. The van der Waals surface area contributed by atoms with Gasteiger partial charge in [-0.1, -0.05) is 0 Å². The fraction of sp³-hybridized carbons (Fsp3) is 0.600. The SMILES string of the molecule is Cc1cnc(OC2CC(N)C2)nc1C. The molecule has 0 aliphatic heterocycles. The van der Waals surface area contributed by atoms with Crippen LogP contribution in [-0.2, 0) is 0 Å². The van der Waals surface area contributed by atoms with Gasteiger partial charge in [0.1, 0.15) is 6.10 Å². The first-order valence-corrected chi connectivity index (χ1v) is 4.87. The zero-order valence-electron chi connectivity index (χ0n) is 8.53. The third kappa shape index (κ3) is 1.85. The molecule has 0 spiro atoms. The largest absolute Gasteiger partial charge is 0.460 e. The molecule has 4 heteroatoms. The minimum absolute atomic E-state index is 0.215. The molecular weight excluding hydrogens is 178 g/mol. The third-order valence-electron chi connectivity index (χ3n) is 2.61. The number of ether oxygens (including phenoxy) is 1. The minimum Gasteiger partial charge on any atom is -0.460 e. The number of aromatic nitrogens is 2. The van der Waals surface area contributed by atoms with Crippen molar-refractivity contribution < 1.29 is 4.74 Å². The minimum atomic E-state index is 0.215. The quantitative estimate of drug-likeness (QED) is 0.760. The van der Waals surface area contributed by atoms with E-state index in [1.165, 1.54) is 0 Å². The number of hydrogen-bond donors (Lipinski definition) is 1. The third-order valence-corrected chi connectivity index (χ3v) is 2.61. The molecule has 2 rings (SSSR count). The van der Waals surface area contributed by atoms with Crippen molar-refractivity contribution >= 4 is 0 Å². The Morgan fingerprint density at radius 1 is 1.43 bits per heavy atom. The fourth-order valence-corrected chi connectivity index (χ4v) is 1.41. The molecule has 76 valence electrons. The van der Waals surface area contributed by atoms with Crippen LogP contribution in [-0.4, -0.2) is 22.1 Å². The van der Waals surface area contributed by atoms with Gasteiger partial charge in [0.05, 0.1) is 0 Å². The zero-order valence-corrected chi connectivity index (χ0v) is 8.53. The topological polar surface area (TPSA) is 61.0 Å². The summed E-state index contributed by atoms with van der Waals surface area (Å²) in [6.45, 7) is 3.94. The van der Waals surface area contributed by atoms with Crippen LogP contribution >= 0.6 is 0 Å². The summed E-state index contributed by atoms with van der Waals surface area (Å²) < 4.78 is 5.55. The molecule has 1 aromatic rings. The Morgan fingerprint density at radius 2 is 2.14 bits per heavy atom. The summed E-state index contributed by atoms with van der Waals surface area (Å²) >= 11 is 0. The molecule has 1 fully saturated rings. The van der Waals surface area contributed by atoms with E-state index in [0.717, 1.165) is 24.1 Å². The average molecular weight is 193 g/mol. The van der Waals surface area contributed by atoms with E-state index in [2.05, 4.69) is 9.97 Å². The van der Waals surface area contributed by atoms with Crippen LogP contribution in [0.25, 0.3) is 0 Å². The highest BCUT2D eigenvalue weighted by Gasteiger charge is 2.28. The lowest BCUT2D eigenvalue weighted by Crippen LogP contribution is -2.43. The molecule has 4 nitrogen and oxygen atoms in total. The number of rotatable bonds is 2. The molecule has 0 radical (unpaired) electrons. The Morgan fingerprint density at radius 3 is 2.71 bits per heavy atom. The Labute approximate surface area is 83.5 Å². The van der Waals surface area contributed by atoms with E-state index in [1.807, 2.05) is 13.8 Å². The average Bonchev–Trinajstić information content (AvgIpc) is 2.09. The van der Waals surface area contributed by atoms with E-state index in [1.54, 1.807) is 6.20 Å². The van der Waals surface area contributed by atoms with Crippen LogP contribution in [0, 0.1) is 13.8 Å². The molecule has 1 heterocycles. The molecule has 1 aliphatic rings. The number of hydrogen-bond acceptors (Lipinski definition) is 4. The highest BCUT2D eigenvalue weighted by Crippen LogP contribution is 2.22. The van der Waals surface area contributed by atoms with Gasteiger partial charge < -0.3 is 10.5 Å². The van der Waals surface area contributed by atoms with Crippen molar-refractivity contribution in [3.63, 3.8) is 0 Å². The van der Waals surface area contributed by atoms with Gasteiger partial charge in [0.25, 0.3) is 0 Å². The number of nitrogens with two attached hydrogens (primary N) is 1. The van der Waals surface area contributed by atoms with Gasteiger partial charge in [0.2, 0.25) is 0 Å². The van der Waals surface area contributed by atoms with E-state index < -0.39 is 0 Å². The first-order chi connectivity index (χ1) is 6.65. The normalized spacial score (nSPS) is 25.6. The second kappa shape index (κ2) is 3.53. The van der Waals surface area contributed by atoms with E-state index in [9.17, 15) is 0 Å².